The molecular formula is C18H26N4O2S. The Morgan fingerprint density at radius 2 is 2.12 bits per heavy atom. The Morgan fingerprint density at radius 3 is 2.84 bits per heavy atom. The Labute approximate surface area is 152 Å². The number of rotatable bonds is 6. The number of carbonyl (C=O) groups excluding carboxylic acids is 1. The largest absolute Gasteiger partial charge is 0.396 e. The predicted octanol–water partition coefficient (Wildman–Crippen LogP) is 1.73. The van der Waals surface area contributed by atoms with Crippen LogP contribution in [0.15, 0.2) is 24.3 Å². The molecule has 0 saturated carbocycles. The summed E-state index contributed by atoms with van der Waals surface area (Å²) in [6.07, 6.45) is 0.976. The molecule has 2 atom stereocenters. The van der Waals surface area contributed by atoms with E-state index < -0.39 is 0 Å². The van der Waals surface area contributed by atoms with Crippen molar-refractivity contribution < 1.29 is 9.90 Å². The first-order valence-electron chi connectivity index (χ1n) is 8.68. The van der Waals surface area contributed by atoms with Crippen molar-refractivity contribution in [2.75, 3.05) is 52.2 Å². The van der Waals surface area contributed by atoms with Gasteiger partial charge in [0.2, 0.25) is 5.91 Å². The molecule has 2 heterocycles. The summed E-state index contributed by atoms with van der Waals surface area (Å²) in [7, 11) is 4.09. The summed E-state index contributed by atoms with van der Waals surface area (Å²) in [4.78, 5) is 21.2. The van der Waals surface area contributed by atoms with Gasteiger partial charge in [0.15, 0.2) is 5.13 Å². The maximum Gasteiger partial charge on any atom is 0.241 e. The summed E-state index contributed by atoms with van der Waals surface area (Å²) >= 11 is 1.56. The molecule has 0 spiro atoms. The zero-order valence-corrected chi connectivity index (χ0v) is 15.6. The molecule has 1 aliphatic rings. The molecule has 0 unspecified atom stereocenters. The summed E-state index contributed by atoms with van der Waals surface area (Å²) in [6, 6.07) is 7.96. The van der Waals surface area contributed by atoms with E-state index >= 15 is 0 Å². The zero-order chi connectivity index (χ0) is 17.8. The van der Waals surface area contributed by atoms with Gasteiger partial charge in [-0.3, -0.25) is 4.79 Å². The number of amides is 1. The standard InChI is InChI=1S/C18H26N4O2S/c1-21(2)9-13-7-14(12-23)11-22(10-13)17(24)8-19-18-20-15-5-3-4-6-16(15)25-18/h3-6,13-14,23H,7-12H2,1-2H3,(H,19,20)/t13-,14-/m1/s1. The zero-order valence-electron chi connectivity index (χ0n) is 14.8. The highest BCUT2D eigenvalue weighted by molar-refractivity contribution is 7.22. The van der Waals surface area contributed by atoms with Crippen LogP contribution in [0.2, 0.25) is 0 Å². The number of piperidine rings is 1. The third kappa shape index (κ3) is 4.68. The van der Waals surface area contributed by atoms with Gasteiger partial charge in [-0.1, -0.05) is 23.5 Å². The van der Waals surface area contributed by atoms with Crippen LogP contribution in [0.3, 0.4) is 0 Å². The van der Waals surface area contributed by atoms with Crippen LogP contribution in [-0.4, -0.2) is 72.7 Å². The fourth-order valence-electron chi connectivity index (χ4n) is 3.51. The second-order valence-electron chi connectivity index (χ2n) is 7.05. The summed E-state index contributed by atoms with van der Waals surface area (Å²) in [5, 5.41) is 13.5. The van der Waals surface area contributed by atoms with Crippen LogP contribution in [0, 0.1) is 11.8 Å². The summed E-state index contributed by atoms with van der Waals surface area (Å²) in [5.41, 5.74) is 0.951. The van der Waals surface area contributed by atoms with Gasteiger partial charge in [0.25, 0.3) is 0 Å². The molecule has 1 aromatic heterocycles. The van der Waals surface area contributed by atoms with Crippen molar-refractivity contribution in [3.8, 4) is 0 Å². The SMILES string of the molecule is CN(C)C[C@H]1C[C@@H](CO)CN(C(=O)CNc2nc3ccccc3s2)C1. The summed E-state index contributed by atoms with van der Waals surface area (Å²) in [5.74, 6) is 0.651. The lowest BCUT2D eigenvalue weighted by molar-refractivity contribution is -0.132. The van der Waals surface area contributed by atoms with Crippen LogP contribution in [0.1, 0.15) is 6.42 Å². The van der Waals surface area contributed by atoms with Crippen molar-refractivity contribution in [2.24, 2.45) is 11.8 Å². The molecule has 1 aliphatic heterocycles. The monoisotopic (exact) mass is 362 g/mol. The number of fused-ring (bicyclic) bond motifs is 1. The van der Waals surface area contributed by atoms with Crippen molar-refractivity contribution >= 4 is 32.6 Å². The number of hydrogen-bond acceptors (Lipinski definition) is 6. The first-order valence-corrected chi connectivity index (χ1v) is 9.49. The van der Waals surface area contributed by atoms with E-state index in [1.807, 2.05) is 43.3 Å². The average molecular weight is 362 g/mol. The smallest absolute Gasteiger partial charge is 0.241 e. The fraction of sp³-hybridized carbons (Fsp3) is 0.556. The van der Waals surface area contributed by atoms with Gasteiger partial charge in [-0.2, -0.15) is 0 Å². The van der Waals surface area contributed by atoms with Gasteiger partial charge in [-0.05, 0) is 44.5 Å². The normalized spacial score (nSPS) is 21.0. The van der Waals surface area contributed by atoms with Gasteiger partial charge >= 0.3 is 0 Å². The van der Waals surface area contributed by atoms with Crippen LogP contribution in [-0.2, 0) is 4.79 Å². The first-order chi connectivity index (χ1) is 12.0. The second kappa shape index (κ2) is 8.12. The Hall–Kier alpha value is -1.70. The number of anilines is 1. The molecule has 1 fully saturated rings. The Balaban J connectivity index is 1.59. The van der Waals surface area contributed by atoms with Crippen LogP contribution in [0.4, 0.5) is 5.13 Å². The van der Waals surface area contributed by atoms with Crippen molar-refractivity contribution in [1.82, 2.24) is 14.8 Å². The fourth-order valence-corrected chi connectivity index (χ4v) is 4.38. The summed E-state index contributed by atoms with van der Waals surface area (Å²) < 4.78 is 1.11. The molecular weight excluding hydrogens is 336 g/mol. The van der Waals surface area contributed by atoms with E-state index in [-0.39, 0.29) is 25.0 Å². The number of hydrogen-bond donors (Lipinski definition) is 2. The molecule has 0 radical (unpaired) electrons. The van der Waals surface area contributed by atoms with Gasteiger partial charge < -0.3 is 20.2 Å². The highest BCUT2D eigenvalue weighted by atomic mass is 32.1. The maximum absolute atomic E-state index is 12.6. The second-order valence-corrected chi connectivity index (χ2v) is 8.08. The van der Waals surface area contributed by atoms with E-state index in [0.29, 0.717) is 12.5 Å². The number of aliphatic hydroxyl groups excluding tert-OH is 1. The number of nitrogens with zero attached hydrogens (tertiary/aromatic N) is 3. The van der Waals surface area contributed by atoms with Crippen molar-refractivity contribution in [2.45, 2.75) is 6.42 Å². The van der Waals surface area contributed by atoms with Crippen LogP contribution < -0.4 is 5.32 Å². The van der Waals surface area contributed by atoms with Crippen LogP contribution in [0.25, 0.3) is 10.2 Å². The van der Waals surface area contributed by atoms with Gasteiger partial charge in [0.1, 0.15) is 0 Å². The molecule has 0 aliphatic carbocycles. The molecule has 1 amide bonds. The van der Waals surface area contributed by atoms with Crippen molar-refractivity contribution in [3.63, 3.8) is 0 Å². The lowest BCUT2D eigenvalue weighted by atomic mass is 9.89. The number of aromatic nitrogens is 1. The van der Waals surface area contributed by atoms with Gasteiger partial charge in [-0.15, -0.1) is 0 Å². The number of thiazole rings is 1. The van der Waals surface area contributed by atoms with Crippen LogP contribution in [0.5, 0.6) is 0 Å². The quantitative estimate of drug-likeness (QED) is 0.819. The molecule has 2 N–H and O–H groups in total. The lowest BCUT2D eigenvalue weighted by Gasteiger charge is -2.38. The Kier molecular flexibility index (Phi) is 5.88. The van der Waals surface area contributed by atoms with Crippen molar-refractivity contribution in [3.05, 3.63) is 24.3 Å². The highest BCUT2D eigenvalue weighted by Gasteiger charge is 2.29. The van der Waals surface area contributed by atoms with E-state index in [1.54, 1.807) is 11.3 Å². The number of benzene rings is 1. The van der Waals surface area contributed by atoms with Gasteiger partial charge in [-0.25, -0.2) is 4.98 Å². The molecule has 7 heteroatoms. The molecule has 1 aromatic carbocycles. The van der Waals surface area contributed by atoms with Crippen LogP contribution >= 0.6 is 11.3 Å². The number of aliphatic hydroxyl groups is 1. The molecule has 0 bridgehead atoms. The maximum atomic E-state index is 12.6. The minimum atomic E-state index is 0.0705. The molecule has 1 saturated heterocycles. The Bertz CT molecular complexity index is 685. The average Bonchev–Trinajstić information content (AvgIpc) is 3.01. The van der Waals surface area contributed by atoms with Gasteiger partial charge in [0, 0.05) is 26.2 Å². The molecule has 2 aromatic rings. The predicted molar refractivity (Wildman–Crippen MR) is 102 cm³/mol. The highest BCUT2D eigenvalue weighted by Crippen LogP contribution is 2.26. The van der Waals surface area contributed by atoms with E-state index in [1.165, 1.54) is 0 Å². The number of nitrogens with one attached hydrogen (secondary N) is 1. The first kappa shape index (κ1) is 18.1. The van der Waals surface area contributed by atoms with E-state index in [0.717, 1.165) is 34.9 Å². The topological polar surface area (TPSA) is 68.7 Å². The molecule has 3 rings (SSSR count). The third-order valence-electron chi connectivity index (χ3n) is 4.54. The minimum absolute atomic E-state index is 0.0705. The molecule has 6 nitrogen and oxygen atoms in total. The number of carbonyl (C=O) groups is 1. The number of likely N-dealkylation sites (tertiary alicyclic amines) is 1. The van der Waals surface area contributed by atoms with Gasteiger partial charge in [0.05, 0.1) is 16.8 Å². The minimum Gasteiger partial charge on any atom is -0.396 e. The Morgan fingerprint density at radius 1 is 1.36 bits per heavy atom. The molecule has 25 heavy (non-hydrogen) atoms. The van der Waals surface area contributed by atoms with Crippen molar-refractivity contribution in [1.29, 1.82) is 0 Å². The van der Waals surface area contributed by atoms with E-state index in [9.17, 15) is 9.90 Å². The van der Waals surface area contributed by atoms with E-state index in [2.05, 4.69) is 15.2 Å². The molecule has 136 valence electrons. The summed E-state index contributed by atoms with van der Waals surface area (Å²) in [6.45, 7) is 2.72. The third-order valence-corrected chi connectivity index (χ3v) is 5.54. The number of para-hydroxylation sites is 1. The lowest BCUT2D eigenvalue weighted by Crippen LogP contribution is -2.48. The van der Waals surface area contributed by atoms with E-state index in [4.69, 9.17) is 0 Å².